The van der Waals surface area contributed by atoms with E-state index in [9.17, 15) is 14.4 Å². The minimum absolute atomic E-state index is 0.00763. The summed E-state index contributed by atoms with van der Waals surface area (Å²) < 4.78 is 11.8. The Labute approximate surface area is 223 Å². The van der Waals surface area contributed by atoms with Crippen molar-refractivity contribution in [2.45, 2.75) is 51.0 Å². The molecule has 2 aromatic rings. The number of amides is 3. The molecule has 200 valence electrons. The zero-order chi connectivity index (χ0) is 26.1. The molecule has 4 aliphatic rings. The van der Waals surface area contributed by atoms with Gasteiger partial charge in [0.1, 0.15) is 6.61 Å². The van der Waals surface area contributed by atoms with Crippen LogP contribution in [0.1, 0.15) is 65.7 Å². The number of anilines is 1. The van der Waals surface area contributed by atoms with Crippen LogP contribution in [0.4, 0.5) is 5.69 Å². The molecular weight excluding hydrogens is 482 g/mol. The van der Waals surface area contributed by atoms with Crippen molar-refractivity contribution < 1.29 is 23.9 Å². The second kappa shape index (κ2) is 10.7. The molecule has 0 spiro atoms. The first-order chi connectivity index (χ1) is 18.6. The van der Waals surface area contributed by atoms with E-state index in [0.717, 1.165) is 25.1 Å². The van der Waals surface area contributed by atoms with Crippen LogP contribution < -0.4 is 19.7 Å². The fourth-order valence-corrected chi connectivity index (χ4v) is 6.26. The van der Waals surface area contributed by atoms with E-state index in [2.05, 4.69) is 10.2 Å². The van der Waals surface area contributed by atoms with Crippen molar-refractivity contribution in [2.75, 3.05) is 37.7 Å². The molecule has 1 N–H and O–H groups in total. The maximum absolute atomic E-state index is 13.5. The van der Waals surface area contributed by atoms with Crippen molar-refractivity contribution in [3.8, 4) is 11.5 Å². The Morgan fingerprint density at radius 3 is 2.45 bits per heavy atom. The number of nitrogens with zero attached hydrogens (tertiary/aromatic N) is 2. The van der Waals surface area contributed by atoms with Gasteiger partial charge in [0.25, 0.3) is 11.8 Å². The van der Waals surface area contributed by atoms with Crippen molar-refractivity contribution >= 4 is 23.4 Å². The van der Waals surface area contributed by atoms with Gasteiger partial charge in [-0.05, 0) is 55.9 Å². The van der Waals surface area contributed by atoms with Crippen LogP contribution in [0.3, 0.4) is 0 Å². The molecule has 8 heteroatoms. The summed E-state index contributed by atoms with van der Waals surface area (Å²) in [5, 5.41) is 3.20. The van der Waals surface area contributed by atoms with Gasteiger partial charge < -0.3 is 19.7 Å². The largest absolute Gasteiger partial charge is 0.486 e. The first-order valence-electron chi connectivity index (χ1n) is 14.0. The number of imide groups is 1. The highest BCUT2D eigenvalue weighted by molar-refractivity contribution is 6.23. The predicted molar refractivity (Wildman–Crippen MR) is 143 cm³/mol. The summed E-state index contributed by atoms with van der Waals surface area (Å²) in [5.41, 5.74) is 1.65. The molecule has 1 saturated carbocycles. The Morgan fingerprint density at radius 1 is 0.895 bits per heavy atom. The molecule has 1 atom stereocenters. The van der Waals surface area contributed by atoms with Gasteiger partial charge in [0.2, 0.25) is 5.91 Å². The molecule has 8 nitrogen and oxygen atoms in total. The van der Waals surface area contributed by atoms with Gasteiger partial charge in [0.15, 0.2) is 17.6 Å². The normalized spacial score (nSPS) is 21.9. The zero-order valence-electron chi connectivity index (χ0n) is 21.7. The number of para-hydroxylation sites is 2. The van der Waals surface area contributed by atoms with E-state index in [0.29, 0.717) is 41.6 Å². The summed E-state index contributed by atoms with van der Waals surface area (Å²) in [7, 11) is 0. The van der Waals surface area contributed by atoms with Crippen molar-refractivity contribution in [1.82, 2.24) is 10.2 Å². The maximum atomic E-state index is 13.5. The third kappa shape index (κ3) is 4.84. The highest BCUT2D eigenvalue weighted by atomic mass is 16.6. The van der Waals surface area contributed by atoms with Gasteiger partial charge >= 0.3 is 0 Å². The molecule has 1 aliphatic carbocycles. The third-order valence-corrected chi connectivity index (χ3v) is 8.43. The Bertz CT molecular complexity index is 1220. The maximum Gasteiger partial charge on any atom is 0.263 e. The number of nitrogens with one attached hydrogen (secondary N) is 1. The topological polar surface area (TPSA) is 88.2 Å². The molecule has 1 saturated heterocycles. The highest BCUT2D eigenvalue weighted by Crippen LogP contribution is 2.36. The van der Waals surface area contributed by atoms with Gasteiger partial charge in [-0.15, -0.1) is 0 Å². The van der Waals surface area contributed by atoms with Gasteiger partial charge in [-0.25, -0.2) is 0 Å². The molecule has 38 heavy (non-hydrogen) atoms. The van der Waals surface area contributed by atoms with Crippen LogP contribution in [-0.4, -0.2) is 61.5 Å². The minimum atomic E-state index is -0.432. The van der Waals surface area contributed by atoms with E-state index in [1.807, 2.05) is 36.4 Å². The van der Waals surface area contributed by atoms with Crippen LogP contribution in [-0.2, 0) is 4.79 Å². The highest BCUT2D eigenvalue weighted by Gasteiger charge is 2.41. The lowest BCUT2D eigenvalue weighted by Crippen LogP contribution is -2.44. The molecule has 2 fully saturated rings. The van der Waals surface area contributed by atoms with Crippen LogP contribution in [0.5, 0.6) is 11.5 Å². The molecule has 2 aromatic carbocycles. The Hall–Kier alpha value is -3.55. The average molecular weight is 518 g/mol. The van der Waals surface area contributed by atoms with Crippen LogP contribution in [0, 0.1) is 11.8 Å². The van der Waals surface area contributed by atoms with E-state index in [1.54, 1.807) is 6.07 Å². The predicted octanol–water partition coefficient (Wildman–Crippen LogP) is 4.04. The lowest BCUT2D eigenvalue weighted by atomic mass is 9.89. The number of hydrogen-bond acceptors (Lipinski definition) is 6. The first-order valence-corrected chi connectivity index (χ1v) is 14.0. The molecule has 6 rings (SSSR count). The van der Waals surface area contributed by atoms with Crippen LogP contribution in [0.15, 0.2) is 42.5 Å². The van der Waals surface area contributed by atoms with E-state index in [1.165, 1.54) is 37.0 Å². The van der Waals surface area contributed by atoms with Crippen molar-refractivity contribution in [3.05, 3.63) is 53.6 Å². The summed E-state index contributed by atoms with van der Waals surface area (Å²) in [5.74, 6) is 1.45. The number of carbonyl (C=O) groups is 3. The molecule has 0 bridgehead atoms. The number of piperidine rings is 1. The number of fused-ring (bicyclic) bond motifs is 2. The first kappa shape index (κ1) is 24.8. The van der Waals surface area contributed by atoms with Crippen LogP contribution >= 0.6 is 0 Å². The summed E-state index contributed by atoms with van der Waals surface area (Å²) in [6, 6.07) is 12.9. The SMILES string of the molecule is O=C(NCC1CCCCC1)C1CCN(c2cccc3c2C(=O)N(C[C@H]2COc4ccccc4O2)C3=O)CC1. The molecule has 0 aromatic heterocycles. The molecule has 3 amide bonds. The Balaban J connectivity index is 1.08. The monoisotopic (exact) mass is 517 g/mol. The van der Waals surface area contributed by atoms with Gasteiger partial charge in [-0.1, -0.05) is 37.5 Å². The average Bonchev–Trinajstić information content (AvgIpc) is 3.21. The smallest absolute Gasteiger partial charge is 0.263 e. The molecule has 0 unspecified atom stereocenters. The lowest BCUT2D eigenvalue weighted by Gasteiger charge is -2.34. The van der Waals surface area contributed by atoms with E-state index >= 15 is 0 Å². The van der Waals surface area contributed by atoms with Crippen LogP contribution in [0.25, 0.3) is 0 Å². The van der Waals surface area contributed by atoms with E-state index < -0.39 is 6.10 Å². The van der Waals surface area contributed by atoms with Crippen LogP contribution in [0.2, 0.25) is 0 Å². The summed E-state index contributed by atoms with van der Waals surface area (Å²) in [6.45, 7) is 2.54. The fraction of sp³-hybridized carbons (Fsp3) is 0.500. The zero-order valence-corrected chi connectivity index (χ0v) is 21.7. The number of benzene rings is 2. The van der Waals surface area contributed by atoms with Crippen molar-refractivity contribution in [1.29, 1.82) is 0 Å². The third-order valence-electron chi connectivity index (χ3n) is 8.43. The molecule has 3 heterocycles. The molecule has 0 radical (unpaired) electrons. The van der Waals surface area contributed by atoms with Gasteiger partial charge in [0.05, 0.1) is 23.4 Å². The summed E-state index contributed by atoms with van der Waals surface area (Å²) in [4.78, 5) is 43.0. The van der Waals surface area contributed by atoms with Gasteiger partial charge in [0, 0.05) is 25.6 Å². The lowest BCUT2D eigenvalue weighted by molar-refractivity contribution is -0.125. The fourth-order valence-electron chi connectivity index (χ4n) is 6.26. The minimum Gasteiger partial charge on any atom is -0.486 e. The quantitative estimate of drug-likeness (QED) is 0.582. The molecule has 3 aliphatic heterocycles. The van der Waals surface area contributed by atoms with E-state index in [4.69, 9.17) is 9.47 Å². The van der Waals surface area contributed by atoms with Crippen molar-refractivity contribution in [3.63, 3.8) is 0 Å². The number of hydrogen-bond donors (Lipinski definition) is 1. The molecular formula is C30H35N3O5. The number of ether oxygens (including phenoxy) is 2. The standard InChI is InChI=1S/C30H35N3O5/c34-28(31-17-20-7-2-1-3-8-20)21-13-15-32(16-14-21)24-10-6-9-23-27(24)30(36)33(29(23)35)18-22-19-37-25-11-4-5-12-26(25)38-22/h4-6,9-12,20-22H,1-3,7-8,13-19H2,(H,31,34)/t22-/m0/s1. The second-order valence-corrected chi connectivity index (χ2v) is 10.9. The second-order valence-electron chi connectivity index (χ2n) is 10.9. The summed E-state index contributed by atoms with van der Waals surface area (Å²) >= 11 is 0. The van der Waals surface area contributed by atoms with Gasteiger partial charge in [-0.2, -0.15) is 0 Å². The van der Waals surface area contributed by atoms with E-state index in [-0.39, 0.29) is 36.8 Å². The number of carbonyl (C=O) groups excluding carboxylic acids is 3. The summed E-state index contributed by atoms with van der Waals surface area (Å²) in [6.07, 6.45) is 7.33. The van der Waals surface area contributed by atoms with Crippen molar-refractivity contribution in [2.24, 2.45) is 11.8 Å². The Morgan fingerprint density at radius 2 is 1.66 bits per heavy atom. The number of rotatable bonds is 6. The van der Waals surface area contributed by atoms with Gasteiger partial charge in [-0.3, -0.25) is 19.3 Å². The Kier molecular flexibility index (Phi) is 6.96.